The van der Waals surface area contributed by atoms with Crippen LogP contribution in [-0.4, -0.2) is 4.57 Å². The Hall–Kier alpha value is -7.62. The van der Waals surface area contributed by atoms with Gasteiger partial charge in [-0.15, -0.1) is 0 Å². The van der Waals surface area contributed by atoms with Gasteiger partial charge in [0.25, 0.3) is 0 Å². The molecule has 9 aromatic carbocycles. The van der Waals surface area contributed by atoms with E-state index in [1.807, 2.05) is 0 Å². The van der Waals surface area contributed by atoms with Crippen molar-refractivity contribution in [1.29, 1.82) is 0 Å². The zero-order valence-electron chi connectivity index (χ0n) is 31.0. The van der Waals surface area contributed by atoms with Crippen LogP contribution in [-0.2, 0) is 0 Å². The summed E-state index contributed by atoms with van der Waals surface area (Å²) in [7, 11) is 0. The number of rotatable bonds is 4. The lowest BCUT2D eigenvalue weighted by Crippen LogP contribution is -2.24. The van der Waals surface area contributed by atoms with Crippen LogP contribution in [0, 0.1) is 0 Å². The van der Waals surface area contributed by atoms with Gasteiger partial charge in [0.2, 0.25) is 0 Å². The average molecular weight is 726 g/mol. The molecule has 1 aromatic heterocycles. The van der Waals surface area contributed by atoms with E-state index in [9.17, 15) is 0 Å². The molecule has 266 valence electrons. The standard InChI is InChI=1S/C54H35N3/c1-3-15-36(16-4-1)37-17-13-20-41(33-37)56-51-26-11-12-27-52(51)57-50-32-30-38(34-46(50)43-22-8-7-21-42(43)45-24-14-28-53(56)54(45)57)39-29-31-49-47(35-39)44-23-9-10-25-48(44)55(49)40-18-5-2-6-19-40/h1-35H. The SMILES string of the molecule is c1ccc(-c2cccc(N3c4ccccc4N4c5ccc(-c6ccc7c(c6)c6ccccc6n7-c6ccccc6)cc5-c5ccccc5-c5cccc3c54)c2)cc1. The van der Waals surface area contributed by atoms with Crippen LogP contribution in [0.5, 0.6) is 0 Å². The van der Waals surface area contributed by atoms with Crippen molar-refractivity contribution in [3.8, 4) is 50.2 Å². The first-order chi connectivity index (χ1) is 28.3. The van der Waals surface area contributed by atoms with Gasteiger partial charge in [0.1, 0.15) is 0 Å². The predicted molar refractivity (Wildman–Crippen MR) is 239 cm³/mol. The summed E-state index contributed by atoms with van der Waals surface area (Å²) in [5, 5.41) is 2.51. The second kappa shape index (κ2) is 12.5. The fourth-order valence-corrected chi connectivity index (χ4v) is 9.33. The molecule has 0 atom stereocenters. The van der Waals surface area contributed by atoms with Gasteiger partial charge in [-0.1, -0.05) is 140 Å². The normalized spacial score (nSPS) is 12.5. The molecule has 3 nitrogen and oxygen atoms in total. The molecule has 3 heteroatoms. The smallest absolute Gasteiger partial charge is 0.0782 e. The van der Waals surface area contributed by atoms with Crippen LogP contribution >= 0.6 is 0 Å². The van der Waals surface area contributed by atoms with E-state index in [-0.39, 0.29) is 0 Å². The van der Waals surface area contributed by atoms with Crippen molar-refractivity contribution in [1.82, 2.24) is 4.57 Å². The molecule has 0 radical (unpaired) electrons. The number of hydrogen-bond acceptors (Lipinski definition) is 2. The molecule has 0 saturated heterocycles. The highest BCUT2D eigenvalue weighted by molar-refractivity contribution is 6.13. The van der Waals surface area contributed by atoms with Gasteiger partial charge >= 0.3 is 0 Å². The highest BCUT2D eigenvalue weighted by atomic mass is 15.3. The molecular formula is C54H35N3. The molecule has 10 aromatic rings. The fraction of sp³-hybridized carbons (Fsp3) is 0. The summed E-state index contributed by atoms with van der Waals surface area (Å²) in [6, 6.07) is 77.6. The molecular weight excluding hydrogens is 691 g/mol. The average Bonchev–Trinajstić information content (AvgIpc) is 3.56. The molecule has 0 fully saturated rings. The van der Waals surface area contributed by atoms with Gasteiger partial charge in [0.05, 0.1) is 39.5 Å². The maximum absolute atomic E-state index is 2.51. The van der Waals surface area contributed by atoms with Gasteiger partial charge in [-0.2, -0.15) is 0 Å². The van der Waals surface area contributed by atoms with Crippen LogP contribution in [0.1, 0.15) is 0 Å². The summed E-state index contributed by atoms with van der Waals surface area (Å²) in [6.07, 6.45) is 0. The zero-order chi connectivity index (χ0) is 37.5. The predicted octanol–water partition coefficient (Wildman–Crippen LogP) is 15.0. The van der Waals surface area contributed by atoms with E-state index in [1.165, 1.54) is 83.4 Å². The molecule has 0 amide bonds. The summed E-state index contributed by atoms with van der Waals surface area (Å²) in [4.78, 5) is 4.95. The maximum Gasteiger partial charge on any atom is 0.0782 e. The number of nitrogens with zero attached hydrogens (tertiary/aromatic N) is 3. The maximum atomic E-state index is 2.51. The first-order valence-electron chi connectivity index (χ1n) is 19.6. The Balaban J connectivity index is 1.06. The summed E-state index contributed by atoms with van der Waals surface area (Å²) in [5.74, 6) is 0. The Kier molecular flexibility index (Phi) is 6.93. The number of para-hydroxylation sites is 5. The lowest BCUT2D eigenvalue weighted by molar-refractivity contribution is 1.18. The fourth-order valence-electron chi connectivity index (χ4n) is 9.33. The van der Waals surface area contributed by atoms with Gasteiger partial charge in [0, 0.05) is 33.3 Å². The van der Waals surface area contributed by atoms with E-state index in [1.54, 1.807) is 0 Å². The summed E-state index contributed by atoms with van der Waals surface area (Å²) in [5.41, 5.74) is 20.2. The van der Waals surface area contributed by atoms with Crippen molar-refractivity contribution in [2.75, 3.05) is 9.80 Å². The minimum atomic E-state index is 1.13. The van der Waals surface area contributed by atoms with Crippen LogP contribution in [0.25, 0.3) is 72.0 Å². The van der Waals surface area contributed by atoms with Crippen molar-refractivity contribution in [3.05, 3.63) is 212 Å². The van der Waals surface area contributed by atoms with Crippen LogP contribution in [0.3, 0.4) is 0 Å². The van der Waals surface area contributed by atoms with E-state index in [0.29, 0.717) is 0 Å². The monoisotopic (exact) mass is 725 g/mol. The first kappa shape index (κ1) is 31.7. The van der Waals surface area contributed by atoms with E-state index in [4.69, 9.17) is 0 Å². The number of fused-ring (bicyclic) bond motifs is 10. The van der Waals surface area contributed by atoms with Crippen LogP contribution in [0.15, 0.2) is 212 Å². The van der Waals surface area contributed by atoms with Crippen molar-refractivity contribution < 1.29 is 0 Å². The van der Waals surface area contributed by atoms with Crippen molar-refractivity contribution in [3.63, 3.8) is 0 Å². The quantitative estimate of drug-likeness (QED) is 0.179. The largest absolute Gasteiger partial charge is 0.309 e. The third-order valence-corrected chi connectivity index (χ3v) is 11.8. The topological polar surface area (TPSA) is 11.4 Å². The highest BCUT2D eigenvalue weighted by Gasteiger charge is 2.36. The number of anilines is 6. The van der Waals surface area contributed by atoms with Gasteiger partial charge in [-0.3, -0.25) is 0 Å². The third-order valence-electron chi connectivity index (χ3n) is 11.8. The molecule has 0 spiro atoms. The van der Waals surface area contributed by atoms with Crippen molar-refractivity contribution in [2.24, 2.45) is 0 Å². The molecule has 57 heavy (non-hydrogen) atoms. The summed E-state index contributed by atoms with van der Waals surface area (Å²) >= 11 is 0. The minimum Gasteiger partial charge on any atom is -0.309 e. The molecule has 2 aliphatic rings. The lowest BCUT2D eigenvalue weighted by atomic mass is 9.92. The Morgan fingerprint density at radius 3 is 1.67 bits per heavy atom. The van der Waals surface area contributed by atoms with Crippen LogP contribution in [0.4, 0.5) is 34.1 Å². The number of benzene rings is 9. The Bertz CT molecular complexity index is 3200. The molecule has 0 N–H and O–H groups in total. The number of hydrogen-bond donors (Lipinski definition) is 0. The first-order valence-corrected chi connectivity index (χ1v) is 19.6. The van der Waals surface area contributed by atoms with Crippen molar-refractivity contribution >= 4 is 55.9 Å². The van der Waals surface area contributed by atoms with Gasteiger partial charge < -0.3 is 14.4 Å². The molecule has 2 aliphatic heterocycles. The molecule has 0 unspecified atom stereocenters. The van der Waals surface area contributed by atoms with E-state index < -0.39 is 0 Å². The summed E-state index contributed by atoms with van der Waals surface area (Å²) < 4.78 is 2.38. The minimum absolute atomic E-state index is 1.13. The zero-order valence-corrected chi connectivity index (χ0v) is 31.0. The molecule has 3 heterocycles. The molecule has 12 rings (SSSR count). The van der Waals surface area contributed by atoms with E-state index in [0.717, 1.165) is 22.7 Å². The Labute approximate surface area is 331 Å². The number of aromatic nitrogens is 1. The summed E-state index contributed by atoms with van der Waals surface area (Å²) in [6.45, 7) is 0. The molecule has 0 aliphatic carbocycles. The van der Waals surface area contributed by atoms with E-state index in [2.05, 4.69) is 227 Å². The second-order valence-corrected chi connectivity index (χ2v) is 14.9. The highest BCUT2D eigenvalue weighted by Crippen LogP contribution is 2.61. The van der Waals surface area contributed by atoms with Crippen LogP contribution in [0.2, 0.25) is 0 Å². The van der Waals surface area contributed by atoms with Crippen LogP contribution < -0.4 is 9.80 Å². The molecule has 0 saturated carbocycles. The third kappa shape index (κ3) is 4.79. The molecule has 0 bridgehead atoms. The second-order valence-electron chi connectivity index (χ2n) is 14.9. The van der Waals surface area contributed by atoms with Gasteiger partial charge in [-0.25, -0.2) is 0 Å². The van der Waals surface area contributed by atoms with Gasteiger partial charge in [0.15, 0.2) is 0 Å². The van der Waals surface area contributed by atoms with E-state index >= 15 is 0 Å². The van der Waals surface area contributed by atoms with Crippen molar-refractivity contribution in [2.45, 2.75) is 0 Å². The Morgan fingerprint density at radius 2 is 0.825 bits per heavy atom. The lowest BCUT2D eigenvalue weighted by Gasteiger charge is -2.41. The Morgan fingerprint density at radius 1 is 0.263 bits per heavy atom. The van der Waals surface area contributed by atoms with Gasteiger partial charge in [-0.05, 0) is 106 Å².